The molecule has 0 aliphatic heterocycles. The average Bonchev–Trinajstić information content (AvgIpc) is 2.06. The van der Waals surface area contributed by atoms with E-state index in [9.17, 15) is 22.0 Å². The van der Waals surface area contributed by atoms with Gasteiger partial charge in [-0.3, -0.25) is 0 Å². The van der Waals surface area contributed by atoms with Gasteiger partial charge in [-0.1, -0.05) is 0 Å². The number of alkyl halides is 5. The third kappa shape index (κ3) is 2.25. The van der Waals surface area contributed by atoms with Gasteiger partial charge in [-0.15, -0.1) is 0 Å². The summed E-state index contributed by atoms with van der Waals surface area (Å²) < 4.78 is 60.9. The van der Waals surface area contributed by atoms with Crippen LogP contribution in [0.2, 0.25) is 0 Å². The monoisotopic (exact) mass is 228 g/mol. The molecular formula is C7H5F5N2O. The number of aromatic hydroxyl groups is 1. The highest BCUT2D eigenvalue weighted by Crippen LogP contribution is 2.38. The molecule has 0 radical (unpaired) electrons. The average molecular weight is 228 g/mol. The first kappa shape index (κ1) is 11.5. The maximum absolute atomic E-state index is 12.2. The van der Waals surface area contributed by atoms with Crippen LogP contribution in [0, 0.1) is 0 Å². The molecule has 0 aromatic carbocycles. The Labute approximate surface area is 80.3 Å². The van der Waals surface area contributed by atoms with E-state index in [1.54, 1.807) is 0 Å². The minimum Gasteiger partial charge on any atom is -0.504 e. The Hall–Kier alpha value is -1.60. The Balaban J connectivity index is 3.42. The van der Waals surface area contributed by atoms with E-state index >= 15 is 0 Å². The van der Waals surface area contributed by atoms with Gasteiger partial charge < -0.3 is 10.8 Å². The summed E-state index contributed by atoms with van der Waals surface area (Å²) in [5.41, 5.74) is 1.73. The fourth-order valence-corrected chi connectivity index (χ4v) is 0.925. The Bertz CT molecular complexity index is 376. The molecule has 0 aliphatic rings. The van der Waals surface area contributed by atoms with Crippen molar-refractivity contribution in [2.45, 2.75) is 12.6 Å². The third-order valence-electron chi connectivity index (χ3n) is 1.57. The second-order valence-electron chi connectivity index (χ2n) is 2.62. The number of anilines is 1. The van der Waals surface area contributed by atoms with Crippen LogP contribution >= 0.6 is 0 Å². The number of pyridine rings is 1. The first-order valence-corrected chi connectivity index (χ1v) is 3.58. The quantitative estimate of drug-likeness (QED) is 0.725. The van der Waals surface area contributed by atoms with Gasteiger partial charge in [-0.25, -0.2) is 13.8 Å². The van der Waals surface area contributed by atoms with E-state index in [0.29, 0.717) is 0 Å². The second kappa shape index (κ2) is 3.52. The molecule has 3 N–H and O–H groups in total. The van der Waals surface area contributed by atoms with E-state index in [2.05, 4.69) is 4.98 Å². The van der Waals surface area contributed by atoms with E-state index in [1.165, 1.54) is 0 Å². The van der Waals surface area contributed by atoms with Crippen LogP contribution in [-0.4, -0.2) is 10.1 Å². The van der Waals surface area contributed by atoms with Crippen molar-refractivity contribution < 1.29 is 27.1 Å². The number of nitrogens with zero attached hydrogens (tertiary/aromatic N) is 1. The van der Waals surface area contributed by atoms with E-state index in [0.717, 1.165) is 0 Å². The lowest BCUT2D eigenvalue weighted by molar-refractivity contribution is -0.140. The van der Waals surface area contributed by atoms with E-state index < -0.39 is 35.4 Å². The van der Waals surface area contributed by atoms with Crippen LogP contribution in [0.5, 0.6) is 5.75 Å². The third-order valence-corrected chi connectivity index (χ3v) is 1.57. The zero-order chi connectivity index (χ0) is 11.8. The summed E-state index contributed by atoms with van der Waals surface area (Å²) in [6.45, 7) is 0. The van der Waals surface area contributed by atoms with Gasteiger partial charge in [0, 0.05) is 0 Å². The number of rotatable bonds is 1. The van der Waals surface area contributed by atoms with Crippen LogP contribution in [0.25, 0.3) is 0 Å². The molecule has 3 nitrogen and oxygen atoms in total. The van der Waals surface area contributed by atoms with Crippen molar-refractivity contribution in [1.29, 1.82) is 0 Å². The molecule has 0 atom stereocenters. The van der Waals surface area contributed by atoms with E-state index in [-0.39, 0.29) is 6.07 Å². The van der Waals surface area contributed by atoms with Crippen LogP contribution in [0.4, 0.5) is 27.8 Å². The lowest BCUT2D eigenvalue weighted by Gasteiger charge is -2.12. The Morgan fingerprint density at radius 2 is 1.87 bits per heavy atom. The fourth-order valence-electron chi connectivity index (χ4n) is 0.925. The summed E-state index contributed by atoms with van der Waals surface area (Å²) in [6, 6.07) is 0.129. The van der Waals surface area contributed by atoms with Crippen molar-refractivity contribution in [1.82, 2.24) is 4.98 Å². The number of halogens is 5. The van der Waals surface area contributed by atoms with Gasteiger partial charge in [0.2, 0.25) is 0 Å². The molecule has 0 saturated heterocycles. The maximum atomic E-state index is 12.2. The van der Waals surface area contributed by atoms with Crippen LogP contribution in [-0.2, 0) is 6.18 Å². The minimum atomic E-state index is -5.01. The number of hydrogen-bond donors (Lipinski definition) is 2. The summed E-state index contributed by atoms with van der Waals surface area (Å²) in [5.74, 6) is -1.75. The summed E-state index contributed by atoms with van der Waals surface area (Å²) in [7, 11) is 0. The van der Waals surface area contributed by atoms with Crippen molar-refractivity contribution in [3.63, 3.8) is 0 Å². The lowest BCUT2D eigenvalue weighted by atomic mass is 10.1. The zero-order valence-electron chi connectivity index (χ0n) is 7.02. The van der Waals surface area contributed by atoms with Crippen molar-refractivity contribution in [3.05, 3.63) is 17.3 Å². The SMILES string of the molecule is Nc1nc(C(F)F)c(C(F)(F)F)cc1O. The molecule has 0 aliphatic carbocycles. The van der Waals surface area contributed by atoms with Gasteiger partial charge in [0.15, 0.2) is 11.6 Å². The predicted molar refractivity (Wildman–Crippen MR) is 40.3 cm³/mol. The number of nitrogen functional groups attached to an aromatic ring is 1. The molecule has 0 unspecified atom stereocenters. The molecular weight excluding hydrogens is 223 g/mol. The molecule has 15 heavy (non-hydrogen) atoms. The molecule has 0 spiro atoms. The van der Waals surface area contributed by atoms with Crippen molar-refractivity contribution in [2.24, 2.45) is 0 Å². The van der Waals surface area contributed by atoms with E-state index in [1.807, 2.05) is 0 Å². The van der Waals surface area contributed by atoms with Gasteiger partial charge in [-0.05, 0) is 6.07 Å². The number of aromatic nitrogens is 1. The lowest BCUT2D eigenvalue weighted by Crippen LogP contribution is -2.12. The smallest absolute Gasteiger partial charge is 0.418 e. The molecule has 0 fully saturated rings. The van der Waals surface area contributed by atoms with Gasteiger partial charge >= 0.3 is 6.18 Å². The van der Waals surface area contributed by atoms with Gasteiger partial charge in [-0.2, -0.15) is 13.2 Å². The number of hydrogen-bond acceptors (Lipinski definition) is 3. The number of nitrogens with two attached hydrogens (primary N) is 1. The highest BCUT2D eigenvalue weighted by molar-refractivity contribution is 5.49. The fraction of sp³-hybridized carbons (Fsp3) is 0.286. The summed E-state index contributed by atoms with van der Waals surface area (Å²) >= 11 is 0. The molecule has 8 heteroatoms. The molecule has 0 amide bonds. The van der Waals surface area contributed by atoms with Crippen LogP contribution < -0.4 is 5.73 Å². The zero-order valence-corrected chi connectivity index (χ0v) is 7.02. The molecule has 0 bridgehead atoms. The molecule has 1 aromatic heterocycles. The largest absolute Gasteiger partial charge is 0.504 e. The van der Waals surface area contributed by atoms with Crippen LogP contribution in [0.3, 0.4) is 0 Å². The van der Waals surface area contributed by atoms with Gasteiger partial charge in [0.1, 0.15) is 5.69 Å². The highest BCUT2D eigenvalue weighted by Gasteiger charge is 2.37. The van der Waals surface area contributed by atoms with Gasteiger partial charge in [0.05, 0.1) is 5.56 Å². The Morgan fingerprint density at radius 3 is 2.27 bits per heavy atom. The maximum Gasteiger partial charge on any atom is 0.418 e. The van der Waals surface area contributed by atoms with Crippen molar-refractivity contribution in [3.8, 4) is 5.75 Å². The topological polar surface area (TPSA) is 59.1 Å². The normalized spacial score (nSPS) is 12.1. The Kier molecular flexibility index (Phi) is 2.69. The molecule has 1 aromatic rings. The first-order valence-electron chi connectivity index (χ1n) is 3.58. The Morgan fingerprint density at radius 1 is 1.33 bits per heavy atom. The van der Waals surface area contributed by atoms with Crippen molar-refractivity contribution in [2.75, 3.05) is 5.73 Å². The van der Waals surface area contributed by atoms with Gasteiger partial charge in [0.25, 0.3) is 6.43 Å². The van der Waals surface area contributed by atoms with E-state index in [4.69, 9.17) is 10.8 Å². The van der Waals surface area contributed by atoms with Crippen molar-refractivity contribution >= 4 is 5.82 Å². The highest BCUT2D eigenvalue weighted by atomic mass is 19.4. The standard InChI is InChI=1S/C7H5F5N2O/c8-5(9)4-2(7(10,11)12)1-3(15)6(13)14-4/h1,5,15H,(H2,13,14). The van der Waals surface area contributed by atoms with Crippen LogP contribution in [0.1, 0.15) is 17.7 Å². The summed E-state index contributed by atoms with van der Waals surface area (Å²) in [4.78, 5) is 2.80. The summed E-state index contributed by atoms with van der Waals surface area (Å²) in [5, 5.41) is 8.84. The predicted octanol–water partition coefficient (Wildman–Crippen LogP) is 2.33. The molecule has 1 heterocycles. The molecule has 84 valence electrons. The summed E-state index contributed by atoms with van der Waals surface area (Å²) in [6.07, 6.45) is -8.42. The van der Waals surface area contributed by atoms with Crippen LogP contribution in [0.15, 0.2) is 6.07 Å². The minimum absolute atomic E-state index is 0.129. The molecule has 0 saturated carbocycles. The molecule has 1 rings (SSSR count). The second-order valence-corrected chi connectivity index (χ2v) is 2.62. The first-order chi connectivity index (χ1) is 6.73.